The van der Waals surface area contributed by atoms with Crippen LogP contribution in [-0.4, -0.2) is 53.8 Å². The maximum absolute atomic E-state index is 12.5. The van der Waals surface area contributed by atoms with Crippen LogP contribution in [0.15, 0.2) is 0 Å². The summed E-state index contributed by atoms with van der Waals surface area (Å²) < 4.78 is 0. The minimum Gasteiger partial charge on any atom is -0.345 e. The predicted molar refractivity (Wildman–Crippen MR) is 96.5 cm³/mol. The van der Waals surface area contributed by atoms with Gasteiger partial charge in [0.25, 0.3) is 0 Å². The van der Waals surface area contributed by atoms with Crippen LogP contribution in [0.1, 0.15) is 53.4 Å². The number of halogens is 1. The lowest BCUT2D eigenvalue weighted by molar-refractivity contribution is -0.134. The largest absolute Gasteiger partial charge is 0.345 e. The van der Waals surface area contributed by atoms with E-state index in [1.54, 1.807) is 4.90 Å². The fourth-order valence-corrected chi connectivity index (χ4v) is 2.99. The van der Waals surface area contributed by atoms with Gasteiger partial charge in [0.15, 0.2) is 0 Å². The summed E-state index contributed by atoms with van der Waals surface area (Å²) in [5.74, 6) is 0.427. The Hall–Kier alpha value is -0.810. The van der Waals surface area contributed by atoms with Crippen LogP contribution < -0.4 is 5.73 Å². The molecule has 23 heavy (non-hydrogen) atoms. The molecule has 0 saturated carbocycles. The molecule has 0 radical (unpaired) electrons. The van der Waals surface area contributed by atoms with Crippen LogP contribution in [0.25, 0.3) is 0 Å². The van der Waals surface area contributed by atoms with Gasteiger partial charge in [-0.2, -0.15) is 0 Å². The van der Waals surface area contributed by atoms with Crippen molar-refractivity contribution in [3.05, 3.63) is 0 Å². The molecular formula is C17H34ClN3O2. The number of hydrogen-bond donors (Lipinski definition) is 1. The molecule has 0 aromatic rings. The van der Waals surface area contributed by atoms with Crippen molar-refractivity contribution in [1.82, 2.24) is 9.80 Å². The smallest absolute Gasteiger partial charge is 0.227 e. The summed E-state index contributed by atoms with van der Waals surface area (Å²) in [5.41, 5.74) is 6.04. The molecule has 3 atom stereocenters. The van der Waals surface area contributed by atoms with Crippen molar-refractivity contribution in [2.45, 2.75) is 65.5 Å². The van der Waals surface area contributed by atoms with E-state index in [1.807, 2.05) is 11.9 Å². The summed E-state index contributed by atoms with van der Waals surface area (Å²) in [6.07, 6.45) is 3.20. The van der Waals surface area contributed by atoms with Gasteiger partial charge in [0.2, 0.25) is 11.8 Å². The first kappa shape index (κ1) is 22.2. The zero-order valence-electron chi connectivity index (χ0n) is 15.2. The minimum atomic E-state index is -0.188. The Labute approximate surface area is 147 Å². The van der Waals surface area contributed by atoms with E-state index in [1.165, 1.54) is 0 Å². The summed E-state index contributed by atoms with van der Waals surface area (Å²) in [7, 11) is 1.82. The average Bonchev–Trinajstić information content (AvgIpc) is 2.85. The molecule has 2 amide bonds. The van der Waals surface area contributed by atoms with Crippen molar-refractivity contribution in [2.24, 2.45) is 17.6 Å². The Morgan fingerprint density at radius 1 is 1.35 bits per heavy atom. The van der Waals surface area contributed by atoms with Gasteiger partial charge in [0.1, 0.15) is 0 Å². The van der Waals surface area contributed by atoms with Gasteiger partial charge in [-0.15, -0.1) is 12.4 Å². The van der Waals surface area contributed by atoms with E-state index in [4.69, 9.17) is 5.73 Å². The van der Waals surface area contributed by atoms with Crippen LogP contribution in [0.3, 0.4) is 0 Å². The lowest BCUT2D eigenvalue weighted by atomic mass is 10.0. The highest BCUT2D eigenvalue weighted by atomic mass is 35.5. The maximum atomic E-state index is 12.5. The Bertz CT molecular complexity index is 390. The fourth-order valence-electron chi connectivity index (χ4n) is 2.99. The van der Waals surface area contributed by atoms with Crippen LogP contribution in [0.2, 0.25) is 0 Å². The standard InChI is InChI=1S/C17H33N3O2.ClH/c1-6-7-13(4)20-11-14(10-16(20)21)17(22)19(5)9-8-15(18)12(2)3;/h12-15H,6-11,18H2,1-5H3;1H. The quantitative estimate of drug-likeness (QED) is 0.732. The van der Waals surface area contributed by atoms with Crippen LogP contribution in [0.5, 0.6) is 0 Å². The second kappa shape index (κ2) is 10.1. The number of hydrogen-bond acceptors (Lipinski definition) is 3. The van der Waals surface area contributed by atoms with E-state index in [9.17, 15) is 9.59 Å². The van der Waals surface area contributed by atoms with E-state index >= 15 is 0 Å². The molecule has 0 spiro atoms. The Morgan fingerprint density at radius 2 is 1.96 bits per heavy atom. The zero-order chi connectivity index (χ0) is 16.9. The van der Waals surface area contributed by atoms with Crippen molar-refractivity contribution in [3.63, 3.8) is 0 Å². The molecule has 0 aliphatic carbocycles. The Kier molecular flexibility index (Phi) is 9.78. The highest BCUT2D eigenvalue weighted by Crippen LogP contribution is 2.23. The molecule has 1 fully saturated rings. The first-order valence-corrected chi connectivity index (χ1v) is 8.57. The molecule has 0 bridgehead atoms. The molecule has 1 rings (SSSR count). The third-order valence-electron chi connectivity index (χ3n) is 4.78. The van der Waals surface area contributed by atoms with Gasteiger partial charge in [-0.25, -0.2) is 0 Å². The van der Waals surface area contributed by atoms with Crippen LogP contribution in [0, 0.1) is 11.8 Å². The topological polar surface area (TPSA) is 66.6 Å². The Balaban J connectivity index is 0.00000484. The van der Waals surface area contributed by atoms with Gasteiger partial charge in [-0.1, -0.05) is 27.2 Å². The molecule has 136 valence electrons. The first-order chi connectivity index (χ1) is 10.3. The fraction of sp³-hybridized carbons (Fsp3) is 0.882. The van der Waals surface area contributed by atoms with Crippen molar-refractivity contribution >= 4 is 24.2 Å². The average molecular weight is 348 g/mol. The molecule has 6 heteroatoms. The van der Waals surface area contributed by atoms with E-state index in [2.05, 4.69) is 27.7 Å². The van der Waals surface area contributed by atoms with E-state index in [-0.39, 0.29) is 42.2 Å². The molecule has 5 nitrogen and oxygen atoms in total. The maximum Gasteiger partial charge on any atom is 0.227 e. The van der Waals surface area contributed by atoms with Crippen LogP contribution >= 0.6 is 12.4 Å². The number of nitrogens with two attached hydrogens (primary N) is 1. The van der Waals surface area contributed by atoms with Crippen LogP contribution in [0.4, 0.5) is 0 Å². The predicted octanol–water partition coefficient (Wildman–Crippen LogP) is 2.28. The number of likely N-dealkylation sites (tertiary alicyclic amines) is 1. The van der Waals surface area contributed by atoms with Gasteiger partial charge in [-0.05, 0) is 25.7 Å². The number of carbonyl (C=O) groups is 2. The number of nitrogens with zero attached hydrogens (tertiary/aromatic N) is 2. The molecule has 2 N–H and O–H groups in total. The van der Waals surface area contributed by atoms with Gasteiger partial charge < -0.3 is 15.5 Å². The lowest BCUT2D eigenvalue weighted by Gasteiger charge is -2.26. The molecule has 0 aromatic heterocycles. The van der Waals surface area contributed by atoms with Crippen LogP contribution in [-0.2, 0) is 9.59 Å². The highest BCUT2D eigenvalue weighted by Gasteiger charge is 2.37. The van der Waals surface area contributed by atoms with Crippen molar-refractivity contribution < 1.29 is 9.59 Å². The second-order valence-corrected chi connectivity index (χ2v) is 7.04. The summed E-state index contributed by atoms with van der Waals surface area (Å²) in [6.45, 7) is 9.60. The van der Waals surface area contributed by atoms with Crippen molar-refractivity contribution in [1.29, 1.82) is 0 Å². The summed E-state index contributed by atoms with van der Waals surface area (Å²) in [5, 5.41) is 0. The molecule has 0 aromatic carbocycles. The molecule has 1 saturated heterocycles. The number of amides is 2. The summed E-state index contributed by atoms with van der Waals surface area (Å²) >= 11 is 0. The summed E-state index contributed by atoms with van der Waals surface area (Å²) in [6, 6.07) is 0.344. The first-order valence-electron chi connectivity index (χ1n) is 8.57. The SMILES string of the molecule is CCCC(C)N1CC(C(=O)N(C)CCC(N)C(C)C)CC1=O.Cl. The van der Waals surface area contributed by atoms with Crippen molar-refractivity contribution in [2.75, 3.05) is 20.1 Å². The minimum absolute atomic E-state index is 0. The summed E-state index contributed by atoms with van der Waals surface area (Å²) in [4.78, 5) is 28.2. The van der Waals surface area contributed by atoms with Gasteiger partial charge in [-0.3, -0.25) is 9.59 Å². The second-order valence-electron chi connectivity index (χ2n) is 7.04. The number of carbonyl (C=O) groups excluding carboxylic acids is 2. The monoisotopic (exact) mass is 347 g/mol. The Morgan fingerprint density at radius 3 is 2.48 bits per heavy atom. The third kappa shape index (κ3) is 6.30. The van der Waals surface area contributed by atoms with E-state index in [0.29, 0.717) is 25.4 Å². The zero-order valence-corrected chi connectivity index (χ0v) is 16.1. The van der Waals surface area contributed by atoms with Gasteiger partial charge in [0, 0.05) is 38.6 Å². The van der Waals surface area contributed by atoms with Gasteiger partial charge >= 0.3 is 0 Å². The molecule has 3 unspecified atom stereocenters. The third-order valence-corrected chi connectivity index (χ3v) is 4.78. The van der Waals surface area contributed by atoms with Crippen molar-refractivity contribution in [3.8, 4) is 0 Å². The van der Waals surface area contributed by atoms with Gasteiger partial charge in [0.05, 0.1) is 5.92 Å². The normalized spacial score (nSPS) is 20.4. The molecule has 1 aliphatic rings. The lowest BCUT2D eigenvalue weighted by Crippen LogP contribution is -2.39. The molecule has 1 aliphatic heterocycles. The molecular weight excluding hydrogens is 314 g/mol. The van der Waals surface area contributed by atoms with E-state index < -0.39 is 0 Å². The highest BCUT2D eigenvalue weighted by molar-refractivity contribution is 5.89. The van der Waals surface area contributed by atoms with E-state index in [0.717, 1.165) is 19.3 Å². The molecule has 1 heterocycles. The number of rotatable bonds is 8.